The van der Waals surface area contributed by atoms with E-state index in [-0.39, 0.29) is 176 Å². The highest BCUT2D eigenvalue weighted by atomic mass is 32.3. The molecule has 1 unspecified atom stereocenters. The number of hydrogen-bond donors (Lipinski definition) is 4. The van der Waals surface area contributed by atoms with Crippen molar-refractivity contribution in [2.45, 2.75) is 126 Å². The third-order valence-corrected chi connectivity index (χ3v) is 23.0. The van der Waals surface area contributed by atoms with E-state index in [0.29, 0.717) is 126 Å². The molecule has 0 bridgehead atoms. The Bertz CT molecular complexity index is 5100. The Morgan fingerprint density at radius 2 is 1.04 bits per heavy atom. The average Bonchev–Trinajstić information content (AvgIpc) is 1.60. The van der Waals surface area contributed by atoms with Gasteiger partial charge in [-0.05, 0) is 110 Å². The number of nitrogens with zero attached hydrogens (tertiary/aromatic N) is 7. The highest BCUT2D eigenvalue weighted by Gasteiger charge is 2.46. The Morgan fingerprint density at radius 3 is 1.57 bits per heavy atom. The van der Waals surface area contributed by atoms with Gasteiger partial charge in [-0.15, -0.1) is 13.5 Å². The van der Waals surface area contributed by atoms with Crippen molar-refractivity contribution >= 4 is 73.2 Å². The summed E-state index contributed by atoms with van der Waals surface area (Å²) in [4.78, 5) is 80.0. The number of aliphatic hydroxyl groups is 4. The van der Waals surface area contributed by atoms with E-state index in [1.54, 1.807) is 81.6 Å². The summed E-state index contributed by atoms with van der Waals surface area (Å²) in [7, 11) is -6.11. The minimum absolute atomic E-state index is 0.0535. The third kappa shape index (κ3) is 25.3. The van der Waals surface area contributed by atoms with E-state index in [9.17, 15) is 61.2 Å². The molecule has 0 radical (unpaired) electrons. The van der Waals surface area contributed by atoms with Crippen LogP contribution >= 0.6 is 0 Å². The Kier molecular flexibility index (Phi) is 33.0. The van der Waals surface area contributed by atoms with Crippen LogP contribution in [0.1, 0.15) is 119 Å². The SMILES string of the molecule is C=C1C[C@H]2C=Nc3cc(OCc4cc(COc5cc6c(cc5OC)C(=O)N5CC(=C)C[C@H]5C=N6)cc(OS(=O)(=O)Oc5cc(C(=O)CCCOCCOCCOCCn6cc(COCCOCCOCCOCCCC(=O)c7cccc(C(=O)CCS(=O)(=O)c8ccc(C)cc8)c7)nn6)ccc5OC5O[C@H](CO)[C@H](O)[C@H](O)[C@@H]5O)c4)c(OC)cc3C(=O)N2C1. The first-order chi connectivity index (χ1) is 59.8. The highest BCUT2D eigenvalue weighted by Crippen LogP contribution is 2.42. The van der Waals surface area contributed by atoms with Gasteiger partial charge in [0.1, 0.15) is 49.1 Å². The number of hydrogen-bond acceptors (Lipinski definition) is 32. The molecule has 3 saturated heterocycles. The van der Waals surface area contributed by atoms with Crippen LogP contribution in [0.2, 0.25) is 0 Å². The fourth-order valence-electron chi connectivity index (χ4n) is 14.0. The Hall–Kier alpha value is -10.8. The molecule has 12 rings (SSSR count). The van der Waals surface area contributed by atoms with E-state index in [1.807, 2.05) is 6.92 Å². The van der Waals surface area contributed by atoms with E-state index in [4.69, 9.17) is 69.9 Å². The van der Waals surface area contributed by atoms with Crippen molar-refractivity contribution in [3.63, 3.8) is 0 Å². The lowest BCUT2D eigenvalue weighted by molar-refractivity contribution is -0.277. The smallest absolute Gasteiger partial charge is 0.493 e. The molecule has 37 heteroatoms. The maximum atomic E-state index is 14.4. The van der Waals surface area contributed by atoms with Gasteiger partial charge < -0.3 is 100 Å². The molecule has 0 saturated carbocycles. The van der Waals surface area contributed by atoms with Gasteiger partial charge in [0.25, 0.3) is 11.8 Å². The second-order valence-electron chi connectivity index (χ2n) is 29.8. The number of carbonyl (C=O) groups excluding carboxylic acids is 5. The molecule has 124 heavy (non-hydrogen) atoms. The van der Waals surface area contributed by atoms with Crippen molar-refractivity contribution in [1.82, 2.24) is 24.8 Å². The molecular weight excluding hydrogens is 1660 g/mol. The number of sulfone groups is 1. The van der Waals surface area contributed by atoms with Crippen molar-refractivity contribution in [3.05, 3.63) is 190 Å². The molecule has 4 N–H and O–H groups in total. The molecule has 35 nitrogen and oxygen atoms in total. The summed E-state index contributed by atoms with van der Waals surface area (Å²) in [5.74, 6) is -2.53. The average molecular weight is 1760 g/mol. The number of carbonyl (C=O) groups is 5. The monoisotopic (exact) mass is 1760 g/mol. The molecule has 3 fully saturated rings. The lowest BCUT2D eigenvalue weighted by Crippen LogP contribution is -2.60. The van der Waals surface area contributed by atoms with Crippen LogP contribution in [0, 0.1) is 6.92 Å². The second kappa shape index (κ2) is 44.2. The van der Waals surface area contributed by atoms with Crippen molar-refractivity contribution in [1.29, 1.82) is 0 Å². The van der Waals surface area contributed by atoms with E-state index < -0.39 is 74.8 Å². The standard InChI is InChI=1S/C87H101N7O28S2/c1-55-13-16-67(17-14-55)123(104,105)34-19-74(98)61-10-6-9-60(40-61)72(96)11-7-21-110-25-28-114-30-31-115-32-33-116-54-63-50-92(91-90-63)20-23-112-26-29-113-27-24-111-22-8-12-73(97)62-15-18-75(119-87-84(101)83(100)82(99)81(51-95)120-87)80(41-62)122-124(106,107)121-66-38-58(52-117-78-44-70-68(42-76(78)108-4)85(102)93-48-56(2)35-64(93)46-88-70)37-59(39-66)53-118-79-45-71-69(43-77(79)109-5)86(103)94-49-57(3)36-65(94)47-89-71/h6,9-10,13-18,37-47,50,64-65,81-84,87,95,99-101H,2-3,7-8,11-12,19-36,48-49,51-54H2,1,4-5H3/t64-,65-,81+,82-,83-,84-,87?/m0/s1. The van der Waals surface area contributed by atoms with Gasteiger partial charge in [0, 0.05) is 86.8 Å². The van der Waals surface area contributed by atoms with Crippen LogP contribution in [-0.4, -0.2) is 272 Å². The maximum Gasteiger partial charge on any atom is 0.501 e. The van der Waals surface area contributed by atoms with Crippen molar-refractivity contribution in [3.8, 4) is 40.2 Å². The number of rotatable bonds is 50. The number of ether oxygens (including phenoxy) is 13. The van der Waals surface area contributed by atoms with Gasteiger partial charge in [0.05, 0.1) is 158 Å². The number of ketones is 3. The van der Waals surface area contributed by atoms with Crippen LogP contribution in [0.3, 0.4) is 0 Å². The molecule has 1 aromatic heterocycles. The first kappa shape index (κ1) is 92.4. The van der Waals surface area contributed by atoms with Gasteiger partial charge in [0.2, 0.25) is 6.29 Å². The number of amides is 2. The summed E-state index contributed by atoms with van der Waals surface area (Å²) in [6.07, 6.45) is -2.01. The highest BCUT2D eigenvalue weighted by molar-refractivity contribution is 7.91. The third-order valence-electron chi connectivity index (χ3n) is 20.5. The van der Waals surface area contributed by atoms with Gasteiger partial charge in [0.15, 0.2) is 61.7 Å². The minimum Gasteiger partial charge on any atom is -0.493 e. The second-order valence-corrected chi connectivity index (χ2v) is 33.0. The largest absolute Gasteiger partial charge is 0.501 e. The zero-order valence-electron chi connectivity index (χ0n) is 68.9. The summed E-state index contributed by atoms with van der Waals surface area (Å²) in [5.41, 5.74) is 5.77. The Labute approximate surface area is 717 Å². The van der Waals surface area contributed by atoms with Crippen molar-refractivity contribution < 1.29 is 131 Å². The number of aromatic nitrogens is 3. The van der Waals surface area contributed by atoms with Crippen LogP contribution < -0.4 is 32.1 Å². The summed E-state index contributed by atoms with van der Waals surface area (Å²) in [6.45, 7) is 13.8. The van der Waals surface area contributed by atoms with Crippen molar-refractivity contribution in [2.24, 2.45) is 9.98 Å². The minimum atomic E-state index is -5.29. The molecule has 7 atom stereocenters. The molecule has 664 valence electrons. The molecule has 6 aromatic carbocycles. The topological polar surface area (TPSA) is 435 Å². The van der Waals surface area contributed by atoms with Crippen LogP contribution in [0.5, 0.6) is 40.2 Å². The molecule has 5 aliphatic rings. The predicted molar refractivity (Wildman–Crippen MR) is 446 cm³/mol. The molecule has 7 aromatic rings. The summed E-state index contributed by atoms with van der Waals surface area (Å²) in [6, 6.07) is 26.3. The number of fused-ring (bicyclic) bond motifs is 4. The number of aliphatic imine (C=N–C) groups is 2. The summed E-state index contributed by atoms with van der Waals surface area (Å²) < 4.78 is 142. The quantitative estimate of drug-likeness (QED) is 0.0162. The Balaban J connectivity index is 0.561. The van der Waals surface area contributed by atoms with Gasteiger partial charge in [-0.25, -0.2) is 13.1 Å². The first-order valence-corrected chi connectivity index (χ1v) is 43.3. The molecule has 0 spiro atoms. The number of Topliss-reactive ketones (excluding diaryl/α,β-unsaturated/α-hetero) is 3. The molecule has 0 aliphatic carbocycles. The van der Waals surface area contributed by atoms with Gasteiger partial charge in [-0.1, -0.05) is 65.4 Å². The lowest BCUT2D eigenvalue weighted by Gasteiger charge is -2.39. The summed E-state index contributed by atoms with van der Waals surface area (Å²) >= 11 is 0. The van der Waals surface area contributed by atoms with E-state index in [0.717, 1.165) is 28.8 Å². The Morgan fingerprint density at radius 1 is 0.532 bits per heavy atom. The molecule has 6 heterocycles. The zero-order valence-corrected chi connectivity index (χ0v) is 70.5. The fourth-order valence-corrected chi connectivity index (χ4v) is 15.9. The van der Waals surface area contributed by atoms with Gasteiger partial charge in [-0.3, -0.25) is 34.0 Å². The van der Waals surface area contributed by atoms with E-state index >= 15 is 0 Å². The first-order valence-electron chi connectivity index (χ1n) is 40.4. The number of benzene rings is 6. The van der Waals surface area contributed by atoms with E-state index in [1.165, 1.54) is 62.8 Å². The van der Waals surface area contributed by atoms with Crippen LogP contribution in [0.15, 0.2) is 155 Å². The van der Waals surface area contributed by atoms with Gasteiger partial charge in [-0.2, -0.15) is 0 Å². The van der Waals surface area contributed by atoms with Crippen LogP contribution in [0.25, 0.3) is 0 Å². The summed E-state index contributed by atoms with van der Waals surface area (Å²) in [5, 5.41) is 50.4. The molecule has 5 aliphatic heterocycles. The van der Waals surface area contributed by atoms with E-state index in [2.05, 4.69) is 33.5 Å². The van der Waals surface area contributed by atoms with Crippen LogP contribution in [-0.2, 0) is 84.5 Å². The molecular formula is C87H101N7O28S2. The molecule has 2 amide bonds. The number of aliphatic hydroxyl groups excluding tert-OH is 4. The zero-order chi connectivity index (χ0) is 87.9. The number of aryl methyl sites for hydroxylation is 1. The maximum absolute atomic E-state index is 14.4. The fraction of sp³-hybridized carbons (Fsp3) is 0.437. The normalized spacial score (nSPS) is 18.6. The van der Waals surface area contributed by atoms with Crippen molar-refractivity contribution in [2.75, 3.05) is 126 Å². The number of methoxy groups -OCH3 is 2. The van der Waals surface area contributed by atoms with Gasteiger partial charge >= 0.3 is 10.4 Å². The van der Waals surface area contributed by atoms with Crippen LogP contribution in [0.4, 0.5) is 11.4 Å². The lowest BCUT2D eigenvalue weighted by atomic mass is 9.99. The predicted octanol–water partition coefficient (Wildman–Crippen LogP) is 7.61.